The van der Waals surface area contributed by atoms with E-state index in [-0.39, 0.29) is 11.5 Å². The molecule has 90 valence electrons. The van der Waals surface area contributed by atoms with E-state index in [1.165, 1.54) is 0 Å². The smallest absolute Gasteiger partial charge is 0.129 e. The predicted molar refractivity (Wildman–Crippen MR) is 57.0 cm³/mol. The molecule has 0 saturated carbocycles. The normalized spacial score (nSPS) is 14.8. The van der Waals surface area contributed by atoms with Crippen LogP contribution in [0.5, 0.6) is 0 Å². The van der Waals surface area contributed by atoms with E-state index in [2.05, 4.69) is 0 Å². The van der Waals surface area contributed by atoms with Crippen molar-refractivity contribution in [1.29, 1.82) is 0 Å². The van der Waals surface area contributed by atoms with Gasteiger partial charge in [-0.1, -0.05) is 6.92 Å². The molecule has 0 aliphatic carbocycles. The quantitative estimate of drug-likeness (QED) is 0.842. The number of hydrogen-bond donors (Lipinski definition) is 1. The summed E-state index contributed by atoms with van der Waals surface area (Å²) in [6, 6.07) is 3.09. The summed E-state index contributed by atoms with van der Waals surface area (Å²) >= 11 is 0. The molecule has 0 saturated heterocycles. The van der Waals surface area contributed by atoms with Gasteiger partial charge in [-0.25, -0.2) is 8.78 Å². The van der Waals surface area contributed by atoms with Gasteiger partial charge in [0.25, 0.3) is 0 Å². The Kier molecular flexibility index (Phi) is 4.83. The minimum Gasteiger partial charge on any atom is -0.388 e. The monoisotopic (exact) mass is 230 g/mol. The molecule has 0 amide bonds. The maximum absolute atomic E-state index is 13.3. The Labute approximate surface area is 93.9 Å². The molecule has 1 aromatic carbocycles. The van der Waals surface area contributed by atoms with E-state index in [4.69, 9.17) is 4.74 Å². The number of hydrogen-bond acceptors (Lipinski definition) is 2. The highest BCUT2D eigenvalue weighted by molar-refractivity contribution is 5.21. The Bertz CT molecular complexity index is 342. The molecule has 0 bridgehead atoms. The van der Waals surface area contributed by atoms with Crippen molar-refractivity contribution in [2.45, 2.75) is 19.4 Å². The maximum atomic E-state index is 13.3. The van der Waals surface area contributed by atoms with Crippen molar-refractivity contribution in [3.63, 3.8) is 0 Å². The molecule has 0 heterocycles. The molecular formula is C12H16F2O2. The molecule has 16 heavy (non-hydrogen) atoms. The van der Waals surface area contributed by atoms with Crippen LogP contribution in [0.1, 0.15) is 25.0 Å². The molecule has 4 heteroatoms. The first-order valence-corrected chi connectivity index (χ1v) is 5.18. The van der Waals surface area contributed by atoms with Gasteiger partial charge in [-0.2, -0.15) is 0 Å². The fourth-order valence-electron chi connectivity index (χ4n) is 1.51. The first-order valence-electron chi connectivity index (χ1n) is 5.18. The first kappa shape index (κ1) is 13.1. The van der Waals surface area contributed by atoms with Crippen LogP contribution in [0.25, 0.3) is 0 Å². The molecule has 0 aromatic heterocycles. The number of methoxy groups -OCH3 is 1. The standard InChI is InChI=1S/C12H16F2O2/c1-8(5-6-16-2)12(15)10-7-9(13)3-4-11(10)14/h3-4,7-8,12,15H,5-6H2,1-2H3. The minimum atomic E-state index is -1.01. The number of rotatable bonds is 5. The molecule has 0 radical (unpaired) electrons. The molecule has 0 spiro atoms. The van der Waals surface area contributed by atoms with Gasteiger partial charge in [-0.15, -0.1) is 0 Å². The van der Waals surface area contributed by atoms with Crippen LogP contribution in [0, 0.1) is 17.6 Å². The highest BCUT2D eigenvalue weighted by Gasteiger charge is 2.20. The third-order valence-electron chi connectivity index (χ3n) is 2.59. The molecular weight excluding hydrogens is 214 g/mol. The van der Waals surface area contributed by atoms with E-state index in [1.807, 2.05) is 0 Å². The second-order valence-electron chi connectivity index (χ2n) is 3.87. The van der Waals surface area contributed by atoms with Crippen molar-refractivity contribution in [1.82, 2.24) is 0 Å². The van der Waals surface area contributed by atoms with E-state index in [9.17, 15) is 13.9 Å². The van der Waals surface area contributed by atoms with Crippen LogP contribution in [0.4, 0.5) is 8.78 Å². The zero-order chi connectivity index (χ0) is 12.1. The second-order valence-corrected chi connectivity index (χ2v) is 3.87. The first-order chi connectivity index (χ1) is 7.56. The van der Waals surface area contributed by atoms with Crippen molar-refractivity contribution >= 4 is 0 Å². The van der Waals surface area contributed by atoms with Crippen molar-refractivity contribution in [3.05, 3.63) is 35.4 Å². The summed E-state index contributed by atoms with van der Waals surface area (Å²) in [4.78, 5) is 0. The lowest BCUT2D eigenvalue weighted by Gasteiger charge is -2.19. The third-order valence-corrected chi connectivity index (χ3v) is 2.59. The lowest BCUT2D eigenvalue weighted by atomic mass is 9.94. The molecule has 1 N–H and O–H groups in total. The number of aliphatic hydroxyl groups excluding tert-OH is 1. The van der Waals surface area contributed by atoms with Crippen LogP contribution in [0.3, 0.4) is 0 Å². The van der Waals surface area contributed by atoms with Gasteiger partial charge in [0.05, 0.1) is 6.10 Å². The topological polar surface area (TPSA) is 29.5 Å². The summed E-state index contributed by atoms with van der Waals surface area (Å²) in [5, 5.41) is 9.86. The summed E-state index contributed by atoms with van der Waals surface area (Å²) in [6.45, 7) is 2.25. The molecule has 0 aliphatic heterocycles. The SMILES string of the molecule is COCCC(C)C(O)c1cc(F)ccc1F. The van der Waals surface area contributed by atoms with Crippen molar-refractivity contribution in [2.75, 3.05) is 13.7 Å². The molecule has 0 aliphatic rings. The molecule has 2 unspecified atom stereocenters. The molecule has 1 rings (SSSR count). The summed E-state index contributed by atoms with van der Waals surface area (Å²) in [7, 11) is 1.56. The van der Waals surface area contributed by atoms with Gasteiger partial charge >= 0.3 is 0 Å². The van der Waals surface area contributed by atoms with Gasteiger partial charge in [0.1, 0.15) is 11.6 Å². The van der Waals surface area contributed by atoms with Gasteiger partial charge in [-0.05, 0) is 30.5 Å². The minimum absolute atomic E-state index is 0.00334. The lowest BCUT2D eigenvalue weighted by Crippen LogP contribution is -2.13. The van der Waals surface area contributed by atoms with Crippen molar-refractivity contribution in [3.8, 4) is 0 Å². The van der Waals surface area contributed by atoms with Crippen LogP contribution >= 0.6 is 0 Å². The molecule has 0 fully saturated rings. The van der Waals surface area contributed by atoms with E-state index in [0.29, 0.717) is 13.0 Å². The number of aliphatic hydroxyl groups is 1. The number of halogens is 2. The van der Waals surface area contributed by atoms with Gasteiger partial charge < -0.3 is 9.84 Å². The maximum Gasteiger partial charge on any atom is 0.129 e. The van der Waals surface area contributed by atoms with Gasteiger partial charge in [0.15, 0.2) is 0 Å². The van der Waals surface area contributed by atoms with Gasteiger partial charge in [0, 0.05) is 19.3 Å². The highest BCUT2D eigenvalue weighted by Crippen LogP contribution is 2.26. The Hall–Kier alpha value is -1.00. The van der Waals surface area contributed by atoms with E-state index in [1.54, 1.807) is 14.0 Å². The van der Waals surface area contributed by atoms with Gasteiger partial charge in [0.2, 0.25) is 0 Å². The zero-order valence-electron chi connectivity index (χ0n) is 9.41. The fourth-order valence-corrected chi connectivity index (χ4v) is 1.51. The summed E-state index contributed by atoms with van der Waals surface area (Å²) in [5.41, 5.74) is 0.00334. The van der Waals surface area contributed by atoms with Crippen molar-refractivity contribution in [2.24, 2.45) is 5.92 Å². The third kappa shape index (κ3) is 3.25. The van der Waals surface area contributed by atoms with E-state index < -0.39 is 17.7 Å². The highest BCUT2D eigenvalue weighted by atomic mass is 19.1. The summed E-state index contributed by atoms with van der Waals surface area (Å²) in [6.07, 6.45) is -0.418. The van der Waals surface area contributed by atoms with Crippen molar-refractivity contribution < 1.29 is 18.6 Å². The fraction of sp³-hybridized carbons (Fsp3) is 0.500. The predicted octanol–water partition coefficient (Wildman–Crippen LogP) is 2.67. The van der Waals surface area contributed by atoms with Crippen LogP contribution in [-0.2, 0) is 4.74 Å². The Morgan fingerprint density at radius 1 is 1.38 bits per heavy atom. The zero-order valence-corrected chi connectivity index (χ0v) is 9.41. The Morgan fingerprint density at radius 2 is 2.06 bits per heavy atom. The second kappa shape index (κ2) is 5.92. The van der Waals surface area contributed by atoms with Crippen LogP contribution in [0.2, 0.25) is 0 Å². The van der Waals surface area contributed by atoms with Gasteiger partial charge in [-0.3, -0.25) is 0 Å². The van der Waals surface area contributed by atoms with Crippen LogP contribution < -0.4 is 0 Å². The summed E-state index contributed by atoms with van der Waals surface area (Å²) < 4.78 is 31.1. The Balaban J connectivity index is 2.78. The summed E-state index contributed by atoms with van der Waals surface area (Å²) in [5.74, 6) is -1.32. The largest absolute Gasteiger partial charge is 0.388 e. The Morgan fingerprint density at radius 3 is 2.69 bits per heavy atom. The average Bonchev–Trinajstić information content (AvgIpc) is 2.28. The van der Waals surface area contributed by atoms with E-state index in [0.717, 1.165) is 18.2 Å². The lowest BCUT2D eigenvalue weighted by molar-refractivity contribution is 0.0856. The molecule has 2 atom stereocenters. The van der Waals surface area contributed by atoms with Crippen LogP contribution in [0.15, 0.2) is 18.2 Å². The van der Waals surface area contributed by atoms with E-state index >= 15 is 0 Å². The van der Waals surface area contributed by atoms with Crippen LogP contribution in [-0.4, -0.2) is 18.8 Å². The molecule has 2 nitrogen and oxygen atoms in total. The number of ether oxygens (including phenoxy) is 1. The average molecular weight is 230 g/mol. The number of benzene rings is 1. The molecule has 1 aromatic rings.